The Morgan fingerprint density at radius 3 is 2.17 bits per heavy atom. The lowest BCUT2D eigenvalue weighted by Crippen LogP contribution is -2.14. The van der Waals surface area contributed by atoms with E-state index in [1.165, 1.54) is 36.4 Å². The molecule has 0 fully saturated rings. The molecule has 154 valence electrons. The molecule has 0 aliphatic rings. The number of anilines is 2. The van der Waals surface area contributed by atoms with Gasteiger partial charge in [0.1, 0.15) is 5.82 Å². The van der Waals surface area contributed by atoms with Crippen molar-refractivity contribution in [1.29, 1.82) is 0 Å². The maximum Gasteiger partial charge on any atom is 0.274 e. The molecule has 0 bridgehead atoms. The van der Waals surface area contributed by atoms with E-state index in [1.54, 1.807) is 13.0 Å². The molecule has 10 heteroatoms. The van der Waals surface area contributed by atoms with E-state index in [0.717, 1.165) is 24.3 Å². The summed E-state index contributed by atoms with van der Waals surface area (Å²) in [6.07, 6.45) is 0. The van der Waals surface area contributed by atoms with Gasteiger partial charge in [0, 0.05) is 28.6 Å². The van der Waals surface area contributed by atoms with Crippen LogP contribution in [0.1, 0.15) is 15.9 Å². The van der Waals surface area contributed by atoms with Gasteiger partial charge in [-0.2, -0.15) is 0 Å². The number of nitrogens with zero attached hydrogens (tertiary/aromatic N) is 1. The molecule has 3 aromatic rings. The number of nitro benzene ring substituents is 1. The molecule has 0 aliphatic carbocycles. The molecule has 0 heterocycles. The van der Waals surface area contributed by atoms with Crippen LogP contribution >= 0.6 is 0 Å². The summed E-state index contributed by atoms with van der Waals surface area (Å²) < 4.78 is 40.0. The van der Waals surface area contributed by atoms with E-state index in [2.05, 4.69) is 10.0 Å². The highest BCUT2D eigenvalue weighted by Gasteiger charge is 2.16. The molecule has 0 aromatic heterocycles. The normalized spacial score (nSPS) is 11.0. The van der Waals surface area contributed by atoms with Gasteiger partial charge in [-0.1, -0.05) is 6.07 Å². The van der Waals surface area contributed by atoms with Crippen LogP contribution in [0.5, 0.6) is 0 Å². The maximum atomic E-state index is 13.0. The van der Waals surface area contributed by atoms with Gasteiger partial charge in [-0.3, -0.25) is 19.6 Å². The summed E-state index contributed by atoms with van der Waals surface area (Å²) in [5.74, 6) is -1.07. The highest BCUT2D eigenvalue weighted by atomic mass is 32.2. The molecule has 3 rings (SSSR count). The summed E-state index contributed by atoms with van der Waals surface area (Å²) in [5, 5.41) is 13.6. The molecule has 0 saturated carbocycles. The highest BCUT2D eigenvalue weighted by Crippen LogP contribution is 2.23. The second-order valence-corrected chi connectivity index (χ2v) is 8.03. The molecule has 0 spiro atoms. The smallest absolute Gasteiger partial charge is 0.274 e. The van der Waals surface area contributed by atoms with Crippen LogP contribution in [-0.4, -0.2) is 19.2 Å². The van der Waals surface area contributed by atoms with Gasteiger partial charge in [0.15, 0.2) is 0 Å². The van der Waals surface area contributed by atoms with Gasteiger partial charge in [0.25, 0.3) is 21.6 Å². The fourth-order valence-electron chi connectivity index (χ4n) is 2.60. The lowest BCUT2D eigenvalue weighted by Gasteiger charge is -2.09. The van der Waals surface area contributed by atoms with E-state index in [4.69, 9.17) is 0 Å². The van der Waals surface area contributed by atoms with Crippen molar-refractivity contribution in [3.8, 4) is 0 Å². The SMILES string of the molecule is Cc1ccc(NC(=O)c2ccc(NS(=O)(=O)c3ccc(F)cc3)cc2)cc1[N+](=O)[O-]. The van der Waals surface area contributed by atoms with E-state index in [9.17, 15) is 27.7 Å². The molecule has 0 radical (unpaired) electrons. The third-order valence-corrected chi connectivity index (χ3v) is 5.58. The van der Waals surface area contributed by atoms with Crippen LogP contribution in [0.15, 0.2) is 71.6 Å². The molecule has 1 amide bonds. The molecule has 0 unspecified atom stereocenters. The standard InChI is InChI=1S/C20H16FN3O5S/c1-13-2-7-17(12-19(13)24(26)27)22-20(25)14-3-8-16(9-4-14)23-30(28,29)18-10-5-15(21)6-11-18/h2-12,23H,1H3,(H,22,25). The first kappa shape index (κ1) is 20.9. The van der Waals surface area contributed by atoms with Gasteiger partial charge in [-0.25, -0.2) is 12.8 Å². The Hall–Kier alpha value is -3.79. The monoisotopic (exact) mass is 429 g/mol. The molecule has 2 N–H and O–H groups in total. The summed E-state index contributed by atoms with van der Waals surface area (Å²) in [5.41, 5.74) is 1.05. The number of carbonyl (C=O) groups is 1. The van der Waals surface area contributed by atoms with E-state index in [0.29, 0.717) is 5.56 Å². The Morgan fingerprint density at radius 2 is 1.57 bits per heavy atom. The van der Waals surface area contributed by atoms with Crippen molar-refractivity contribution in [3.63, 3.8) is 0 Å². The summed E-state index contributed by atoms with van der Waals surface area (Å²) in [7, 11) is -3.91. The predicted molar refractivity (Wildman–Crippen MR) is 109 cm³/mol. The molecule has 8 nitrogen and oxygen atoms in total. The Bertz CT molecular complexity index is 1210. The van der Waals surface area contributed by atoms with E-state index >= 15 is 0 Å². The first-order valence-corrected chi connectivity index (χ1v) is 10.1. The molecular weight excluding hydrogens is 413 g/mol. The van der Waals surface area contributed by atoms with Crippen LogP contribution < -0.4 is 10.0 Å². The zero-order chi connectivity index (χ0) is 21.9. The number of sulfonamides is 1. The van der Waals surface area contributed by atoms with Crippen LogP contribution in [-0.2, 0) is 10.0 Å². The number of benzene rings is 3. The molecule has 0 saturated heterocycles. The Labute approximate surface area is 171 Å². The first-order valence-electron chi connectivity index (χ1n) is 8.60. The van der Waals surface area contributed by atoms with E-state index in [1.807, 2.05) is 0 Å². The zero-order valence-corrected chi connectivity index (χ0v) is 16.4. The average Bonchev–Trinajstić information content (AvgIpc) is 2.69. The number of rotatable bonds is 6. The van der Waals surface area contributed by atoms with Crippen LogP contribution in [0.4, 0.5) is 21.5 Å². The number of carbonyl (C=O) groups excluding carboxylic acids is 1. The minimum atomic E-state index is -3.91. The summed E-state index contributed by atoms with van der Waals surface area (Å²) in [6, 6.07) is 14.3. The molecule has 0 atom stereocenters. The highest BCUT2D eigenvalue weighted by molar-refractivity contribution is 7.92. The second-order valence-electron chi connectivity index (χ2n) is 6.35. The number of aryl methyl sites for hydroxylation is 1. The number of hydrogen-bond donors (Lipinski definition) is 2. The molecule has 3 aromatic carbocycles. The Morgan fingerprint density at radius 1 is 0.967 bits per heavy atom. The lowest BCUT2D eigenvalue weighted by atomic mass is 10.1. The number of halogens is 1. The van der Waals surface area contributed by atoms with Crippen LogP contribution in [0.2, 0.25) is 0 Å². The topological polar surface area (TPSA) is 118 Å². The van der Waals surface area contributed by atoms with Crippen LogP contribution in [0.3, 0.4) is 0 Å². The largest absolute Gasteiger partial charge is 0.322 e. The third-order valence-electron chi connectivity index (χ3n) is 4.19. The van der Waals surface area contributed by atoms with Crippen molar-refractivity contribution in [2.75, 3.05) is 10.0 Å². The average molecular weight is 429 g/mol. The summed E-state index contributed by atoms with van der Waals surface area (Å²) >= 11 is 0. The van der Waals surface area contributed by atoms with Crippen LogP contribution in [0.25, 0.3) is 0 Å². The fourth-order valence-corrected chi connectivity index (χ4v) is 3.66. The minimum Gasteiger partial charge on any atom is -0.322 e. The van der Waals surface area contributed by atoms with Gasteiger partial charge in [-0.15, -0.1) is 0 Å². The predicted octanol–water partition coefficient (Wildman–Crippen LogP) is 4.10. The van der Waals surface area contributed by atoms with Crippen molar-refractivity contribution in [2.45, 2.75) is 11.8 Å². The van der Waals surface area contributed by atoms with Gasteiger partial charge < -0.3 is 5.32 Å². The van der Waals surface area contributed by atoms with Gasteiger partial charge in [0.05, 0.1) is 9.82 Å². The van der Waals surface area contributed by atoms with Gasteiger partial charge in [-0.05, 0) is 61.5 Å². The number of nitrogens with one attached hydrogen (secondary N) is 2. The first-order chi connectivity index (χ1) is 14.2. The van der Waals surface area contributed by atoms with Gasteiger partial charge >= 0.3 is 0 Å². The summed E-state index contributed by atoms with van der Waals surface area (Å²) in [6.45, 7) is 1.59. The third kappa shape index (κ3) is 4.78. The Kier molecular flexibility index (Phi) is 5.79. The number of amides is 1. The molecular formula is C20H16FN3O5S. The summed E-state index contributed by atoms with van der Waals surface area (Å²) in [4.78, 5) is 22.8. The quantitative estimate of drug-likeness (QED) is 0.452. The lowest BCUT2D eigenvalue weighted by molar-refractivity contribution is -0.385. The number of hydrogen-bond acceptors (Lipinski definition) is 5. The fraction of sp³-hybridized carbons (Fsp3) is 0.0500. The van der Waals surface area contributed by atoms with E-state index < -0.39 is 26.7 Å². The van der Waals surface area contributed by atoms with Crippen molar-refractivity contribution in [3.05, 3.63) is 93.8 Å². The van der Waals surface area contributed by atoms with Crippen molar-refractivity contribution >= 4 is 33.0 Å². The molecule has 0 aliphatic heterocycles. The van der Waals surface area contributed by atoms with E-state index in [-0.39, 0.29) is 27.5 Å². The van der Waals surface area contributed by atoms with Gasteiger partial charge in [0.2, 0.25) is 0 Å². The van der Waals surface area contributed by atoms with Crippen LogP contribution in [0, 0.1) is 22.9 Å². The second kappa shape index (κ2) is 8.29. The number of nitro groups is 1. The maximum absolute atomic E-state index is 13.0. The zero-order valence-electron chi connectivity index (χ0n) is 15.6. The Balaban J connectivity index is 1.72. The van der Waals surface area contributed by atoms with Crippen molar-refractivity contribution in [1.82, 2.24) is 0 Å². The van der Waals surface area contributed by atoms with Crippen molar-refractivity contribution in [2.24, 2.45) is 0 Å². The minimum absolute atomic E-state index is 0.105. The molecule has 30 heavy (non-hydrogen) atoms. The van der Waals surface area contributed by atoms with Crippen molar-refractivity contribution < 1.29 is 22.5 Å².